The lowest BCUT2D eigenvalue weighted by Gasteiger charge is -1.97. The normalized spacial score (nSPS) is 13.0. The zero-order valence-corrected chi connectivity index (χ0v) is 8.62. The average Bonchev–Trinajstić information content (AvgIpc) is 2.93. The molecule has 0 bridgehead atoms. The highest BCUT2D eigenvalue weighted by atomic mass is 16.7. The number of aromatic nitrogens is 2. The van der Waals surface area contributed by atoms with Crippen molar-refractivity contribution in [2.45, 2.75) is 6.73 Å². The van der Waals surface area contributed by atoms with Gasteiger partial charge < -0.3 is 19.0 Å². The van der Waals surface area contributed by atoms with Gasteiger partial charge in [-0.15, -0.1) is 5.10 Å². The van der Waals surface area contributed by atoms with Crippen molar-refractivity contribution >= 4 is 0 Å². The number of hydrogen-bond donors (Lipinski definition) is 1. The third-order valence-corrected chi connectivity index (χ3v) is 2.36. The molecule has 7 nitrogen and oxygen atoms in total. The first-order valence-electron chi connectivity index (χ1n) is 4.87. The van der Waals surface area contributed by atoms with E-state index in [2.05, 4.69) is 5.10 Å². The topological polar surface area (TPSA) is 86.7 Å². The highest BCUT2D eigenvalue weighted by Crippen LogP contribution is 2.35. The fourth-order valence-corrected chi connectivity index (χ4v) is 1.54. The summed E-state index contributed by atoms with van der Waals surface area (Å²) in [6, 6.07) is 5.06. The van der Waals surface area contributed by atoms with Crippen molar-refractivity contribution in [2.75, 3.05) is 6.79 Å². The van der Waals surface area contributed by atoms with Gasteiger partial charge in [0.15, 0.2) is 11.5 Å². The van der Waals surface area contributed by atoms with Crippen LogP contribution in [0.2, 0.25) is 0 Å². The van der Waals surface area contributed by atoms with Crippen LogP contribution in [0.3, 0.4) is 0 Å². The van der Waals surface area contributed by atoms with E-state index in [1.165, 1.54) is 0 Å². The Morgan fingerprint density at radius 3 is 2.94 bits per heavy atom. The summed E-state index contributed by atoms with van der Waals surface area (Å²) in [7, 11) is 0. The Kier molecular flexibility index (Phi) is 2.12. The van der Waals surface area contributed by atoms with E-state index >= 15 is 0 Å². The molecule has 2 aromatic rings. The molecular weight excluding hydrogens is 228 g/mol. The predicted molar refractivity (Wildman–Crippen MR) is 54.5 cm³/mol. The smallest absolute Gasteiger partial charge is 0.439 e. The monoisotopic (exact) mass is 236 g/mol. The van der Waals surface area contributed by atoms with Crippen molar-refractivity contribution < 1.29 is 19.0 Å². The van der Waals surface area contributed by atoms with E-state index in [0.717, 1.165) is 4.68 Å². The maximum Gasteiger partial charge on any atom is 0.439 e. The van der Waals surface area contributed by atoms with Gasteiger partial charge in [0.1, 0.15) is 6.73 Å². The maximum absolute atomic E-state index is 11.2. The summed E-state index contributed by atoms with van der Waals surface area (Å²) in [5.41, 5.74) is 0.582. The molecule has 0 spiro atoms. The van der Waals surface area contributed by atoms with Crippen LogP contribution in [-0.2, 0) is 6.73 Å². The lowest BCUT2D eigenvalue weighted by Crippen LogP contribution is -2.15. The zero-order valence-electron chi connectivity index (χ0n) is 8.62. The molecule has 0 saturated heterocycles. The Bertz CT molecular complexity index is 615. The van der Waals surface area contributed by atoms with Gasteiger partial charge >= 0.3 is 5.76 Å². The van der Waals surface area contributed by atoms with Gasteiger partial charge in [0.25, 0.3) is 0 Å². The summed E-state index contributed by atoms with van der Waals surface area (Å²) in [5.74, 6) is 0.629. The van der Waals surface area contributed by atoms with Gasteiger partial charge in [-0.2, -0.15) is 4.68 Å². The molecule has 0 amide bonds. The number of hydrogen-bond acceptors (Lipinski definition) is 6. The Morgan fingerprint density at radius 1 is 1.35 bits per heavy atom. The highest BCUT2D eigenvalue weighted by Gasteiger charge is 2.16. The summed E-state index contributed by atoms with van der Waals surface area (Å²) in [5, 5.41) is 12.6. The fraction of sp³-hybridized carbons (Fsp3) is 0.200. The number of aliphatic hydroxyl groups is 1. The minimum atomic E-state index is -0.708. The Hall–Kier alpha value is -2.28. The van der Waals surface area contributed by atoms with Crippen LogP contribution < -0.4 is 15.2 Å². The third-order valence-electron chi connectivity index (χ3n) is 2.36. The van der Waals surface area contributed by atoms with Crippen LogP contribution in [-0.4, -0.2) is 21.7 Å². The summed E-state index contributed by atoms with van der Waals surface area (Å²) >= 11 is 0. The molecule has 7 heteroatoms. The van der Waals surface area contributed by atoms with Crippen LogP contribution in [0.5, 0.6) is 11.5 Å². The SMILES string of the molecule is O=c1oc(-c2ccc3c(c2)OCO3)nn1CO. The summed E-state index contributed by atoms with van der Waals surface area (Å²) in [4.78, 5) is 11.2. The van der Waals surface area contributed by atoms with Crippen molar-refractivity contribution in [3.63, 3.8) is 0 Å². The number of fused-ring (bicyclic) bond motifs is 1. The van der Waals surface area contributed by atoms with Crippen molar-refractivity contribution in [1.82, 2.24) is 9.78 Å². The molecule has 1 aliphatic heterocycles. The fourth-order valence-electron chi connectivity index (χ4n) is 1.54. The highest BCUT2D eigenvalue weighted by molar-refractivity contribution is 5.60. The molecule has 1 aliphatic rings. The molecule has 0 saturated carbocycles. The summed E-state index contributed by atoms with van der Waals surface area (Å²) in [6.07, 6.45) is 0. The minimum Gasteiger partial charge on any atom is -0.454 e. The lowest BCUT2D eigenvalue weighted by atomic mass is 10.2. The van der Waals surface area contributed by atoms with Gasteiger partial charge in [0, 0.05) is 5.56 Å². The van der Waals surface area contributed by atoms with Crippen LogP contribution in [0.15, 0.2) is 27.4 Å². The molecule has 0 unspecified atom stereocenters. The van der Waals surface area contributed by atoms with Crippen molar-refractivity contribution in [3.8, 4) is 23.0 Å². The summed E-state index contributed by atoms with van der Waals surface area (Å²) in [6.45, 7) is -0.347. The van der Waals surface area contributed by atoms with E-state index in [4.69, 9.17) is 19.0 Å². The van der Waals surface area contributed by atoms with Gasteiger partial charge in [-0.3, -0.25) is 0 Å². The number of benzene rings is 1. The standard InChI is InChI=1S/C10H8N2O5/c13-4-12-10(14)17-9(11-12)6-1-2-7-8(3-6)16-5-15-7/h1-3,13H,4-5H2. The Balaban J connectivity index is 2.06. The molecule has 0 radical (unpaired) electrons. The van der Waals surface area contributed by atoms with Crippen LogP contribution in [0.4, 0.5) is 0 Å². The van der Waals surface area contributed by atoms with E-state index in [1.54, 1.807) is 18.2 Å². The second-order valence-corrected chi connectivity index (χ2v) is 3.38. The van der Waals surface area contributed by atoms with Gasteiger partial charge in [0.05, 0.1) is 0 Å². The molecular formula is C10H8N2O5. The molecule has 0 atom stereocenters. The zero-order chi connectivity index (χ0) is 11.8. The minimum absolute atomic E-state index is 0.127. The number of aliphatic hydroxyl groups excluding tert-OH is 1. The second kappa shape index (κ2) is 3.63. The number of rotatable bonds is 2. The second-order valence-electron chi connectivity index (χ2n) is 3.38. The van der Waals surface area contributed by atoms with E-state index in [-0.39, 0.29) is 12.7 Å². The predicted octanol–water partition coefficient (Wildman–Crippen LogP) is 0.182. The Morgan fingerprint density at radius 2 is 2.18 bits per heavy atom. The first-order chi connectivity index (χ1) is 8.28. The molecule has 1 aromatic carbocycles. The third kappa shape index (κ3) is 1.56. The van der Waals surface area contributed by atoms with Crippen LogP contribution in [0.25, 0.3) is 11.5 Å². The Labute approximate surface area is 94.8 Å². The average molecular weight is 236 g/mol. The maximum atomic E-state index is 11.2. The first kappa shape index (κ1) is 9.91. The molecule has 0 fully saturated rings. The quantitative estimate of drug-likeness (QED) is 0.800. The van der Waals surface area contributed by atoms with Gasteiger partial charge in [0.2, 0.25) is 12.7 Å². The van der Waals surface area contributed by atoms with Gasteiger partial charge in [-0.25, -0.2) is 4.79 Å². The molecule has 3 rings (SSSR count). The van der Waals surface area contributed by atoms with E-state index in [9.17, 15) is 4.79 Å². The largest absolute Gasteiger partial charge is 0.454 e. The molecule has 1 N–H and O–H groups in total. The first-order valence-corrected chi connectivity index (χ1v) is 4.87. The van der Waals surface area contributed by atoms with Gasteiger partial charge in [-0.1, -0.05) is 0 Å². The lowest BCUT2D eigenvalue weighted by molar-refractivity contribution is 0.174. The molecule has 2 heterocycles. The van der Waals surface area contributed by atoms with E-state index in [0.29, 0.717) is 17.1 Å². The van der Waals surface area contributed by atoms with Crippen molar-refractivity contribution in [1.29, 1.82) is 0 Å². The molecule has 17 heavy (non-hydrogen) atoms. The van der Waals surface area contributed by atoms with E-state index in [1.807, 2.05) is 0 Å². The number of ether oxygens (including phenoxy) is 2. The van der Waals surface area contributed by atoms with Crippen molar-refractivity contribution in [2.24, 2.45) is 0 Å². The molecule has 88 valence electrons. The van der Waals surface area contributed by atoms with Crippen molar-refractivity contribution in [3.05, 3.63) is 28.7 Å². The van der Waals surface area contributed by atoms with Gasteiger partial charge in [-0.05, 0) is 18.2 Å². The van der Waals surface area contributed by atoms with E-state index < -0.39 is 12.5 Å². The van der Waals surface area contributed by atoms with Crippen LogP contribution >= 0.6 is 0 Å². The molecule has 1 aromatic heterocycles. The van der Waals surface area contributed by atoms with Crippen LogP contribution in [0, 0.1) is 0 Å². The van der Waals surface area contributed by atoms with Crippen LogP contribution in [0.1, 0.15) is 0 Å². The summed E-state index contributed by atoms with van der Waals surface area (Å²) < 4.78 is 16.1. The molecule has 0 aliphatic carbocycles. The number of nitrogens with zero attached hydrogens (tertiary/aromatic N) is 2.